The van der Waals surface area contributed by atoms with Gasteiger partial charge in [-0.1, -0.05) is 61.4 Å². The number of nitrogens with zero attached hydrogens (tertiary/aromatic N) is 3. The summed E-state index contributed by atoms with van der Waals surface area (Å²) in [4.78, 5) is 51.8. The Labute approximate surface area is 202 Å². The summed E-state index contributed by atoms with van der Waals surface area (Å²) in [5, 5.41) is 4.59. The normalized spacial score (nSPS) is 19.4. The summed E-state index contributed by atoms with van der Waals surface area (Å²) >= 11 is 0. The third kappa shape index (κ3) is 4.44. The fourth-order valence-electron chi connectivity index (χ4n) is 4.83. The van der Waals surface area contributed by atoms with E-state index < -0.39 is 18.4 Å². The van der Waals surface area contributed by atoms with Crippen molar-refractivity contribution in [3.05, 3.63) is 72.4 Å². The summed E-state index contributed by atoms with van der Waals surface area (Å²) in [6.45, 7) is -0.417. The van der Waals surface area contributed by atoms with Crippen molar-refractivity contribution in [1.82, 2.24) is 25.5 Å². The standard InChI is InChI=1S/C26H25N5O4/c32-22(16-30-25(34)19-13-7-8-14-20(19)26(30)35)27-28-24(33)21-15-31(18-11-5-2-6-12-18)29-23(21)17-9-3-1-4-10-17/h1-6,9-12,15,19-20H,7-8,13-14,16H2,(H,27,32)(H,28,33). The number of hydrogen-bond acceptors (Lipinski definition) is 5. The van der Waals surface area contributed by atoms with Crippen molar-refractivity contribution in [3.63, 3.8) is 0 Å². The van der Waals surface area contributed by atoms with E-state index in [0.29, 0.717) is 18.5 Å². The summed E-state index contributed by atoms with van der Waals surface area (Å²) in [5.74, 6) is -2.44. The molecule has 0 radical (unpaired) electrons. The van der Waals surface area contributed by atoms with E-state index in [1.54, 1.807) is 10.9 Å². The first kappa shape index (κ1) is 22.5. The molecule has 1 aliphatic carbocycles. The Kier molecular flexibility index (Phi) is 6.13. The summed E-state index contributed by atoms with van der Waals surface area (Å²) < 4.78 is 1.60. The number of hydrazine groups is 1. The highest BCUT2D eigenvalue weighted by atomic mass is 16.2. The number of carbonyl (C=O) groups excluding carboxylic acids is 4. The molecule has 35 heavy (non-hydrogen) atoms. The van der Waals surface area contributed by atoms with Gasteiger partial charge in [0.1, 0.15) is 12.2 Å². The van der Waals surface area contributed by atoms with E-state index in [1.807, 2.05) is 60.7 Å². The van der Waals surface area contributed by atoms with Crippen molar-refractivity contribution < 1.29 is 19.2 Å². The van der Waals surface area contributed by atoms with Crippen LogP contribution in [-0.2, 0) is 14.4 Å². The predicted octanol–water partition coefficient (Wildman–Crippen LogP) is 2.48. The fraction of sp³-hybridized carbons (Fsp3) is 0.269. The molecule has 3 aromatic rings. The Balaban J connectivity index is 1.30. The van der Waals surface area contributed by atoms with Crippen LogP contribution in [0.3, 0.4) is 0 Å². The maximum Gasteiger partial charge on any atom is 0.273 e. The molecule has 9 heteroatoms. The van der Waals surface area contributed by atoms with Crippen molar-refractivity contribution in [2.24, 2.45) is 11.8 Å². The molecular formula is C26H25N5O4. The summed E-state index contributed by atoms with van der Waals surface area (Å²) in [6.07, 6.45) is 4.78. The van der Waals surface area contributed by atoms with Crippen LogP contribution >= 0.6 is 0 Å². The summed E-state index contributed by atoms with van der Waals surface area (Å²) in [7, 11) is 0. The highest BCUT2D eigenvalue weighted by Crippen LogP contribution is 2.37. The molecule has 2 aromatic carbocycles. The minimum atomic E-state index is -0.643. The molecule has 5 rings (SSSR count). The molecule has 0 bridgehead atoms. The zero-order valence-corrected chi connectivity index (χ0v) is 19.0. The Morgan fingerprint density at radius 3 is 2.09 bits per heavy atom. The van der Waals surface area contributed by atoms with Crippen molar-refractivity contribution >= 4 is 23.6 Å². The minimum Gasteiger partial charge on any atom is -0.274 e. The lowest BCUT2D eigenvalue weighted by atomic mass is 9.81. The zero-order chi connectivity index (χ0) is 24.4. The van der Waals surface area contributed by atoms with E-state index in [9.17, 15) is 19.2 Å². The van der Waals surface area contributed by atoms with E-state index in [0.717, 1.165) is 29.0 Å². The van der Waals surface area contributed by atoms with Gasteiger partial charge in [0.25, 0.3) is 11.8 Å². The van der Waals surface area contributed by atoms with Crippen molar-refractivity contribution in [2.45, 2.75) is 25.7 Å². The second-order valence-electron chi connectivity index (χ2n) is 8.80. The van der Waals surface area contributed by atoms with Crippen LogP contribution in [0.1, 0.15) is 36.0 Å². The number of rotatable bonds is 5. The van der Waals surface area contributed by atoms with Crippen LogP contribution in [0.5, 0.6) is 0 Å². The van der Waals surface area contributed by atoms with Crippen LogP contribution in [0.15, 0.2) is 66.9 Å². The maximum atomic E-state index is 13.0. The van der Waals surface area contributed by atoms with Crippen molar-refractivity contribution in [1.29, 1.82) is 0 Å². The monoisotopic (exact) mass is 471 g/mol. The van der Waals surface area contributed by atoms with E-state index in [1.165, 1.54) is 0 Å². The first-order chi connectivity index (χ1) is 17.0. The average Bonchev–Trinajstić information content (AvgIpc) is 3.45. The summed E-state index contributed by atoms with van der Waals surface area (Å²) in [6, 6.07) is 18.6. The molecule has 178 valence electrons. The van der Waals surface area contributed by atoms with Crippen LogP contribution in [0.4, 0.5) is 0 Å². The number of fused-ring (bicyclic) bond motifs is 1. The Morgan fingerprint density at radius 1 is 0.857 bits per heavy atom. The van der Waals surface area contributed by atoms with Gasteiger partial charge in [0.15, 0.2) is 0 Å². The molecular weight excluding hydrogens is 446 g/mol. The molecule has 2 N–H and O–H groups in total. The number of para-hydroxylation sites is 1. The SMILES string of the molecule is O=C(CN1C(=O)C2CCCCC2C1=O)NNC(=O)c1cn(-c2ccccc2)nc1-c1ccccc1. The molecule has 4 amide bonds. The van der Waals surface area contributed by atoms with Gasteiger partial charge < -0.3 is 0 Å². The molecule has 9 nitrogen and oxygen atoms in total. The number of amides is 4. The van der Waals surface area contributed by atoms with Crippen molar-refractivity contribution in [2.75, 3.05) is 6.54 Å². The lowest BCUT2D eigenvalue weighted by molar-refractivity contribution is -0.143. The van der Waals surface area contributed by atoms with Gasteiger partial charge in [0.2, 0.25) is 11.8 Å². The van der Waals surface area contributed by atoms with Gasteiger partial charge in [-0.05, 0) is 25.0 Å². The van der Waals surface area contributed by atoms with Gasteiger partial charge in [-0.3, -0.25) is 34.9 Å². The molecule has 2 unspecified atom stereocenters. The number of carbonyl (C=O) groups is 4. The molecule has 1 aromatic heterocycles. The summed E-state index contributed by atoms with van der Waals surface area (Å²) in [5.41, 5.74) is 6.98. The van der Waals surface area contributed by atoms with Crippen LogP contribution < -0.4 is 10.9 Å². The van der Waals surface area contributed by atoms with Crippen LogP contribution in [0.2, 0.25) is 0 Å². The molecule has 1 saturated heterocycles. The molecule has 2 aliphatic rings. The second kappa shape index (κ2) is 9.54. The second-order valence-corrected chi connectivity index (χ2v) is 8.80. The van der Waals surface area contributed by atoms with E-state index >= 15 is 0 Å². The third-order valence-electron chi connectivity index (χ3n) is 6.58. The van der Waals surface area contributed by atoms with Gasteiger partial charge in [-0.25, -0.2) is 4.68 Å². The van der Waals surface area contributed by atoms with E-state index in [-0.39, 0.29) is 29.2 Å². The lowest BCUT2D eigenvalue weighted by Gasteiger charge is -2.19. The highest BCUT2D eigenvalue weighted by molar-refractivity contribution is 6.07. The first-order valence-electron chi connectivity index (χ1n) is 11.7. The molecule has 1 saturated carbocycles. The van der Waals surface area contributed by atoms with Gasteiger partial charge in [-0.2, -0.15) is 5.10 Å². The van der Waals surface area contributed by atoms with Crippen molar-refractivity contribution in [3.8, 4) is 16.9 Å². The van der Waals surface area contributed by atoms with Gasteiger partial charge in [0.05, 0.1) is 23.1 Å². The fourth-order valence-corrected chi connectivity index (χ4v) is 4.83. The number of benzene rings is 2. The number of aromatic nitrogens is 2. The number of imide groups is 1. The van der Waals surface area contributed by atoms with Crippen LogP contribution in [0, 0.1) is 11.8 Å². The molecule has 2 heterocycles. The number of hydrogen-bond donors (Lipinski definition) is 2. The largest absolute Gasteiger partial charge is 0.274 e. The smallest absolute Gasteiger partial charge is 0.273 e. The molecule has 0 spiro atoms. The van der Waals surface area contributed by atoms with Crippen LogP contribution in [0.25, 0.3) is 16.9 Å². The van der Waals surface area contributed by atoms with E-state index in [4.69, 9.17) is 0 Å². The number of likely N-dealkylation sites (tertiary alicyclic amines) is 1. The zero-order valence-electron chi connectivity index (χ0n) is 19.0. The quantitative estimate of drug-likeness (QED) is 0.438. The third-order valence-corrected chi connectivity index (χ3v) is 6.58. The maximum absolute atomic E-state index is 13.0. The highest BCUT2D eigenvalue weighted by Gasteiger charge is 2.48. The van der Waals surface area contributed by atoms with Gasteiger partial charge in [-0.15, -0.1) is 0 Å². The Bertz CT molecular complexity index is 1250. The van der Waals surface area contributed by atoms with E-state index in [2.05, 4.69) is 16.0 Å². The Morgan fingerprint density at radius 2 is 1.46 bits per heavy atom. The molecule has 2 atom stereocenters. The predicted molar refractivity (Wildman–Crippen MR) is 127 cm³/mol. The Hall–Kier alpha value is -4.27. The molecule has 1 aliphatic heterocycles. The van der Waals surface area contributed by atoms with Gasteiger partial charge in [0, 0.05) is 11.8 Å². The molecule has 2 fully saturated rings. The van der Waals surface area contributed by atoms with Crippen LogP contribution in [-0.4, -0.2) is 44.9 Å². The topological polar surface area (TPSA) is 113 Å². The first-order valence-corrected chi connectivity index (χ1v) is 11.7. The number of nitrogens with one attached hydrogen (secondary N) is 2. The van der Waals surface area contributed by atoms with Gasteiger partial charge >= 0.3 is 0 Å². The minimum absolute atomic E-state index is 0.264. The average molecular weight is 472 g/mol. The lowest BCUT2D eigenvalue weighted by Crippen LogP contribution is -2.48.